The fourth-order valence-corrected chi connectivity index (χ4v) is 2.28. The van der Waals surface area contributed by atoms with Crippen molar-refractivity contribution >= 4 is 0 Å². The maximum absolute atomic E-state index is 13.5. The molecule has 0 fully saturated rings. The molecule has 0 saturated carbocycles. The number of methoxy groups -OCH3 is 1. The first-order chi connectivity index (χ1) is 10.0. The molecule has 2 rings (SSSR count). The summed E-state index contributed by atoms with van der Waals surface area (Å²) in [5, 5.41) is 3.09. The van der Waals surface area contributed by atoms with Crippen molar-refractivity contribution in [2.24, 2.45) is 0 Å². The Morgan fingerprint density at radius 2 is 1.67 bits per heavy atom. The standard InChI is InChI=1S/C16H16F3NO/c1-3-20-16(10-6-12(18)8-13(19)7-10)14-9-11(17)4-5-15(14)21-2/h4-9,16,20H,3H2,1-2H3. The Bertz CT molecular complexity index is 611. The molecule has 2 nitrogen and oxygen atoms in total. The molecule has 21 heavy (non-hydrogen) atoms. The Kier molecular flexibility index (Phi) is 4.85. The van der Waals surface area contributed by atoms with Crippen LogP contribution in [0.2, 0.25) is 0 Å². The summed E-state index contributed by atoms with van der Waals surface area (Å²) in [5.74, 6) is -1.34. The van der Waals surface area contributed by atoms with Gasteiger partial charge in [-0.1, -0.05) is 6.92 Å². The number of benzene rings is 2. The highest BCUT2D eigenvalue weighted by molar-refractivity contribution is 5.42. The van der Waals surface area contributed by atoms with Crippen molar-refractivity contribution in [2.45, 2.75) is 13.0 Å². The van der Waals surface area contributed by atoms with Crippen molar-refractivity contribution in [2.75, 3.05) is 13.7 Å². The molecular formula is C16H16F3NO. The van der Waals surface area contributed by atoms with Crippen molar-refractivity contribution in [1.29, 1.82) is 0 Å². The fourth-order valence-electron chi connectivity index (χ4n) is 2.28. The van der Waals surface area contributed by atoms with Gasteiger partial charge in [-0.15, -0.1) is 0 Å². The van der Waals surface area contributed by atoms with Gasteiger partial charge in [0.1, 0.15) is 23.2 Å². The maximum Gasteiger partial charge on any atom is 0.126 e. The van der Waals surface area contributed by atoms with Gasteiger partial charge in [0.2, 0.25) is 0 Å². The fraction of sp³-hybridized carbons (Fsp3) is 0.250. The third kappa shape index (κ3) is 3.55. The predicted octanol–water partition coefficient (Wildman–Crippen LogP) is 3.81. The Balaban J connectivity index is 2.55. The molecule has 2 aromatic rings. The first-order valence-electron chi connectivity index (χ1n) is 6.58. The van der Waals surface area contributed by atoms with Gasteiger partial charge in [-0.05, 0) is 42.4 Å². The van der Waals surface area contributed by atoms with Gasteiger partial charge in [-0.3, -0.25) is 0 Å². The highest BCUT2D eigenvalue weighted by Gasteiger charge is 2.19. The molecule has 1 N–H and O–H groups in total. The highest BCUT2D eigenvalue weighted by atomic mass is 19.1. The lowest BCUT2D eigenvalue weighted by Gasteiger charge is -2.21. The maximum atomic E-state index is 13.5. The number of hydrogen-bond acceptors (Lipinski definition) is 2. The lowest BCUT2D eigenvalue weighted by atomic mass is 9.97. The minimum absolute atomic E-state index is 0.373. The monoisotopic (exact) mass is 295 g/mol. The Hall–Kier alpha value is -2.01. The second kappa shape index (κ2) is 6.63. The van der Waals surface area contributed by atoms with Gasteiger partial charge in [0.25, 0.3) is 0 Å². The topological polar surface area (TPSA) is 21.3 Å². The van der Waals surface area contributed by atoms with Crippen LogP contribution in [0.3, 0.4) is 0 Å². The van der Waals surface area contributed by atoms with Crippen LogP contribution in [0.25, 0.3) is 0 Å². The first kappa shape index (κ1) is 15.4. The third-order valence-electron chi connectivity index (χ3n) is 3.13. The molecule has 1 atom stereocenters. The van der Waals surface area contributed by atoms with Crippen molar-refractivity contribution in [3.8, 4) is 5.75 Å². The van der Waals surface area contributed by atoms with Crippen LogP contribution < -0.4 is 10.1 Å². The molecule has 5 heteroatoms. The van der Waals surface area contributed by atoms with E-state index in [0.717, 1.165) is 6.07 Å². The molecule has 0 bridgehead atoms. The summed E-state index contributed by atoms with van der Waals surface area (Å²) >= 11 is 0. The molecule has 1 unspecified atom stereocenters. The number of nitrogens with one attached hydrogen (secondary N) is 1. The van der Waals surface area contributed by atoms with Crippen molar-refractivity contribution in [3.63, 3.8) is 0 Å². The molecule has 0 spiro atoms. The molecule has 0 heterocycles. The lowest BCUT2D eigenvalue weighted by molar-refractivity contribution is 0.402. The van der Waals surface area contributed by atoms with E-state index in [-0.39, 0.29) is 0 Å². The van der Waals surface area contributed by atoms with E-state index in [9.17, 15) is 13.2 Å². The summed E-state index contributed by atoms with van der Waals surface area (Å²) in [6.45, 7) is 2.40. The Labute approximate surface area is 121 Å². The van der Waals surface area contributed by atoms with E-state index < -0.39 is 23.5 Å². The smallest absolute Gasteiger partial charge is 0.126 e. The molecule has 112 valence electrons. The van der Waals surface area contributed by atoms with Gasteiger partial charge in [-0.2, -0.15) is 0 Å². The second-order valence-corrected chi connectivity index (χ2v) is 4.58. The normalized spacial score (nSPS) is 12.2. The van der Waals surface area contributed by atoms with Crippen LogP contribution in [0.5, 0.6) is 5.75 Å². The summed E-state index contributed by atoms with van der Waals surface area (Å²) in [5.41, 5.74) is 0.864. The Morgan fingerprint density at radius 1 is 1.00 bits per heavy atom. The minimum atomic E-state index is -0.678. The van der Waals surface area contributed by atoms with Crippen LogP contribution in [0, 0.1) is 17.5 Å². The zero-order valence-corrected chi connectivity index (χ0v) is 11.8. The first-order valence-corrected chi connectivity index (χ1v) is 6.58. The third-order valence-corrected chi connectivity index (χ3v) is 3.13. The number of hydrogen-bond donors (Lipinski definition) is 1. The van der Waals surface area contributed by atoms with Crippen molar-refractivity contribution in [1.82, 2.24) is 5.32 Å². The minimum Gasteiger partial charge on any atom is -0.496 e. The summed E-state index contributed by atoms with van der Waals surface area (Å²) in [6, 6.07) is 6.75. The zero-order valence-electron chi connectivity index (χ0n) is 11.8. The van der Waals surface area contributed by atoms with E-state index in [2.05, 4.69) is 5.32 Å². The summed E-state index contributed by atoms with van der Waals surface area (Å²) in [7, 11) is 1.46. The van der Waals surface area contributed by atoms with Crippen LogP contribution in [0.15, 0.2) is 36.4 Å². The van der Waals surface area contributed by atoms with E-state index >= 15 is 0 Å². The average Bonchev–Trinajstić information content (AvgIpc) is 2.43. The van der Waals surface area contributed by atoms with Crippen molar-refractivity contribution < 1.29 is 17.9 Å². The molecule has 0 aliphatic carbocycles. The predicted molar refractivity (Wildman–Crippen MR) is 74.8 cm³/mol. The van der Waals surface area contributed by atoms with Crippen LogP contribution in [0.4, 0.5) is 13.2 Å². The van der Waals surface area contributed by atoms with Crippen LogP contribution >= 0.6 is 0 Å². The molecule has 0 aliphatic rings. The van der Waals surface area contributed by atoms with Crippen LogP contribution in [0.1, 0.15) is 24.1 Å². The van der Waals surface area contributed by atoms with E-state index in [0.29, 0.717) is 23.4 Å². The zero-order chi connectivity index (χ0) is 15.4. The van der Waals surface area contributed by atoms with E-state index in [1.807, 2.05) is 6.92 Å². The van der Waals surface area contributed by atoms with E-state index in [1.54, 1.807) is 0 Å². The van der Waals surface area contributed by atoms with Gasteiger partial charge in [0.15, 0.2) is 0 Å². The number of halogens is 3. The molecule has 2 aromatic carbocycles. The van der Waals surface area contributed by atoms with Gasteiger partial charge in [-0.25, -0.2) is 13.2 Å². The summed E-state index contributed by atoms with van der Waals surface area (Å²) < 4.78 is 45.6. The lowest BCUT2D eigenvalue weighted by Crippen LogP contribution is -2.23. The molecule has 0 aromatic heterocycles. The number of rotatable bonds is 5. The molecule has 0 radical (unpaired) electrons. The number of ether oxygens (including phenoxy) is 1. The largest absolute Gasteiger partial charge is 0.496 e. The van der Waals surface area contributed by atoms with Gasteiger partial charge in [0.05, 0.1) is 13.2 Å². The van der Waals surface area contributed by atoms with Gasteiger partial charge in [0, 0.05) is 11.6 Å². The van der Waals surface area contributed by atoms with Gasteiger partial charge >= 0.3 is 0 Å². The van der Waals surface area contributed by atoms with Crippen LogP contribution in [-0.4, -0.2) is 13.7 Å². The van der Waals surface area contributed by atoms with Gasteiger partial charge < -0.3 is 10.1 Å². The van der Waals surface area contributed by atoms with Crippen LogP contribution in [-0.2, 0) is 0 Å². The molecular weight excluding hydrogens is 279 g/mol. The van der Waals surface area contributed by atoms with E-state index in [4.69, 9.17) is 4.74 Å². The molecule has 0 amide bonds. The quantitative estimate of drug-likeness (QED) is 0.905. The summed E-state index contributed by atoms with van der Waals surface area (Å²) in [6.07, 6.45) is 0. The highest BCUT2D eigenvalue weighted by Crippen LogP contribution is 2.31. The average molecular weight is 295 g/mol. The second-order valence-electron chi connectivity index (χ2n) is 4.58. The summed E-state index contributed by atoms with van der Waals surface area (Å²) in [4.78, 5) is 0. The van der Waals surface area contributed by atoms with E-state index in [1.165, 1.54) is 37.4 Å². The van der Waals surface area contributed by atoms with Crippen molar-refractivity contribution in [3.05, 3.63) is 65.0 Å². The molecule has 0 saturated heterocycles. The SMILES string of the molecule is CCNC(c1cc(F)cc(F)c1)c1cc(F)ccc1OC. The Morgan fingerprint density at radius 3 is 2.24 bits per heavy atom. The molecule has 0 aliphatic heterocycles.